The molecule has 0 saturated heterocycles. The second-order valence-corrected chi connectivity index (χ2v) is 4.69. The predicted octanol–water partition coefficient (Wildman–Crippen LogP) is 2.35. The largest absolute Gasteiger partial charge is 0.469 e. The molecule has 17 heavy (non-hydrogen) atoms. The van der Waals surface area contributed by atoms with Crippen molar-refractivity contribution in [3.05, 3.63) is 23.7 Å². The fraction of sp³-hybridized carbons (Fsp3) is 0.500. The molecule has 0 radical (unpaired) electrons. The maximum atomic E-state index is 11.5. The van der Waals surface area contributed by atoms with E-state index >= 15 is 0 Å². The third-order valence-electron chi connectivity index (χ3n) is 2.04. The Bertz CT molecular complexity index is 403. The molecule has 1 rings (SSSR count). The second-order valence-electron chi connectivity index (χ2n) is 4.69. The maximum Gasteiger partial charge on any atom is 0.408 e. The highest BCUT2D eigenvalue weighted by atomic mass is 16.6. The summed E-state index contributed by atoms with van der Waals surface area (Å²) in [5, 5.41) is 2.48. The van der Waals surface area contributed by atoms with Crippen molar-refractivity contribution in [2.75, 3.05) is 0 Å². The van der Waals surface area contributed by atoms with E-state index in [9.17, 15) is 9.59 Å². The van der Waals surface area contributed by atoms with E-state index in [1.165, 1.54) is 6.26 Å². The van der Waals surface area contributed by atoms with E-state index in [0.717, 1.165) is 0 Å². The SMILES string of the molecule is Cc1occc1C(C=O)NC(=O)OC(C)(C)C. The van der Waals surface area contributed by atoms with Crippen LogP contribution in [0.2, 0.25) is 0 Å². The summed E-state index contributed by atoms with van der Waals surface area (Å²) in [4.78, 5) is 22.5. The molecule has 1 amide bonds. The molecular formula is C12H17NO4. The Balaban J connectivity index is 2.69. The molecule has 94 valence electrons. The molecule has 0 saturated carbocycles. The van der Waals surface area contributed by atoms with Gasteiger partial charge in [0.05, 0.1) is 6.26 Å². The molecule has 1 unspecified atom stereocenters. The van der Waals surface area contributed by atoms with Crippen LogP contribution in [0.25, 0.3) is 0 Å². The number of furan rings is 1. The summed E-state index contributed by atoms with van der Waals surface area (Å²) < 4.78 is 10.1. The molecule has 0 aliphatic rings. The summed E-state index contributed by atoms with van der Waals surface area (Å²) in [6.45, 7) is 6.99. The number of amides is 1. The lowest BCUT2D eigenvalue weighted by atomic mass is 10.1. The molecule has 1 aromatic heterocycles. The minimum absolute atomic E-state index is 0.594. The molecular weight excluding hydrogens is 222 g/mol. The van der Waals surface area contributed by atoms with Crippen molar-refractivity contribution in [3.8, 4) is 0 Å². The van der Waals surface area contributed by atoms with E-state index in [0.29, 0.717) is 17.6 Å². The van der Waals surface area contributed by atoms with Gasteiger partial charge >= 0.3 is 6.09 Å². The summed E-state index contributed by atoms with van der Waals surface area (Å²) in [6.07, 6.45) is 1.48. The van der Waals surface area contributed by atoms with E-state index in [2.05, 4.69) is 5.32 Å². The number of alkyl carbamates (subject to hydrolysis) is 1. The predicted molar refractivity (Wildman–Crippen MR) is 61.6 cm³/mol. The number of carbonyl (C=O) groups is 2. The number of hydrogen-bond acceptors (Lipinski definition) is 4. The number of rotatable bonds is 3. The minimum Gasteiger partial charge on any atom is -0.469 e. The van der Waals surface area contributed by atoms with Gasteiger partial charge in [0, 0.05) is 5.56 Å². The Hall–Kier alpha value is -1.78. The zero-order valence-corrected chi connectivity index (χ0v) is 10.4. The third kappa shape index (κ3) is 3.94. The Morgan fingerprint density at radius 1 is 1.53 bits per heavy atom. The van der Waals surface area contributed by atoms with Crippen molar-refractivity contribution in [2.45, 2.75) is 39.3 Å². The van der Waals surface area contributed by atoms with Gasteiger partial charge in [0.15, 0.2) is 0 Å². The van der Waals surface area contributed by atoms with Crippen molar-refractivity contribution in [3.63, 3.8) is 0 Å². The van der Waals surface area contributed by atoms with Crippen molar-refractivity contribution >= 4 is 12.4 Å². The van der Waals surface area contributed by atoms with Crippen LogP contribution in [0.4, 0.5) is 4.79 Å². The number of carbonyl (C=O) groups excluding carboxylic acids is 2. The number of aryl methyl sites for hydroxylation is 1. The van der Waals surface area contributed by atoms with Gasteiger partial charge < -0.3 is 19.3 Å². The summed E-state index contributed by atoms with van der Waals surface area (Å²) in [6, 6.07) is 0.898. The van der Waals surface area contributed by atoms with Crippen LogP contribution in [0.5, 0.6) is 0 Å². The molecule has 1 heterocycles. The molecule has 5 heteroatoms. The molecule has 0 aliphatic heterocycles. The molecule has 0 aromatic carbocycles. The molecule has 0 aliphatic carbocycles. The van der Waals surface area contributed by atoms with Crippen LogP contribution in [0.3, 0.4) is 0 Å². The lowest BCUT2D eigenvalue weighted by Crippen LogP contribution is -2.35. The first-order valence-electron chi connectivity index (χ1n) is 5.32. The fourth-order valence-electron chi connectivity index (χ4n) is 1.34. The Morgan fingerprint density at radius 3 is 2.59 bits per heavy atom. The third-order valence-corrected chi connectivity index (χ3v) is 2.04. The number of nitrogens with one attached hydrogen (secondary N) is 1. The standard InChI is InChI=1S/C12H17NO4/c1-8-9(5-6-16-8)10(7-14)13-11(15)17-12(2,3)4/h5-7,10H,1-4H3,(H,13,15). The zero-order valence-electron chi connectivity index (χ0n) is 10.4. The van der Waals surface area contributed by atoms with Gasteiger partial charge in [-0.15, -0.1) is 0 Å². The van der Waals surface area contributed by atoms with E-state index in [1.807, 2.05) is 0 Å². The van der Waals surface area contributed by atoms with Crippen LogP contribution in [0, 0.1) is 6.92 Å². The molecule has 1 atom stereocenters. The quantitative estimate of drug-likeness (QED) is 0.822. The number of hydrogen-bond donors (Lipinski definition) is 1. The van der Waals surface area contributed by atoms with Crippen molar-refractivity contribution < 1.29 is 18.7 Å². The topological polar surface area (TPSA) is 68.5 Å². The van der Waals surface area contributed by atoms with Crippen molar-refractivity contribution in [1.82, 2.24) is 5.32 Å². The highest BCUT2D eigenvalue weighted by molar-refractivity contribution is 5.74. The molecule has 0 fully saturated rings. The van der Waals surface area contributed by atoms with Crippen LogP contribution in [0.1, 0.15) is 38.1 Å². The highest BCUT2D eigenvalue weighted by Gasteiger charge is 2.21. The summed E-state index contributed by atoms with van der Waals surface area (Å²) in [5.74, 6) is 0.596. The van der Waals surface area contributed by atoms with Crippen LogP contribution >= 0.6 is 0 Å². The van der Waals surface area contributed by atoms with E-state index < -0.39 is 17.7 Å². The summed E-state index contributed by atoms with van der Waals surface area (Å²) >= 11 is 0. The monoisotopic (exact) mass is 239 g/mol. The first kappa shape index (κ1) is 13.3. The maximum absolute atomic E-state index is 11.5. The molecule has 5 nitrogen and oxygen atoms in total. The lowest BCUT2D eigenvalue weighted by molar-refractivity contribution is -0.109. The van der Waals surface area contributed by atoms with Crippen LogP contribution in [0.15, 0.2) is 16.7 Å². The Morgan fingerprint density at radius 2 is 2.18 bits per heavy atom. The lowest BCUT2D eigenvalue weighted by Gasteiger charge is -2.21. The summed E-state index contributed by atoms with van der Waals surface area (Å²) in [5.41, 5.74) is 0.0361. The van der Waals surface area contributed by atoms with E-state index in [1.54, 1.807) is 33.8 Å². The molecule has 1 N–H and O–H groups in total. The first-order valence-corrected chi connectivity index (χ1v) is 5.32. The zero-order chi connectivity index (χ0) is 13.1. The minimum atomic E-state index is -0.747. The van der Waals surface area contributed by atoms with Gasteiger partial charge in [-0.2, -0.15) is 0 Å². The van der Waals surface area contributed by atoms with Crippen molar-refractivity contribution in [2.24, 2.45) is 0 Å². The number of aldehydes is 1. The van der Waals surface area contributed by atoms with Gasteiger partial charge in [-0.3, -0.25) is 0 Å². The van der Waals surface area contributed by atoms with Gasteiger partial charge in [-0.05, 0) is 33.8 Å². The number of ether oxygens (including phenoxy) is 1. The van der Waals surface area contributed by atoms with Crippen LogP contribution < -0.4 is 5.32 Å². The molecule has 0 bridgehead atoms. The van der Waals surface area contributed by atoms with Gasteiger partial charge in [0.2, 0.25) is 0 Å². The van der Waals surface area contributed by atoms with E-state index in [4.69, 9.17) is 9.15 Å². The smallest absolute Gasteiger partial charge is 0.408 e. The first-order chi connectivity index (χ1) is 7.83. The highest BCUT2D eigenvalue weighted by Crippen LogP contribution is 2.17. The average molecular weight is 239 g/mol. The summed E-state index contributed by atoms with van der Waals surface area (Å²) in [7, 11) is 0. The van der Waals surface area contributed by atoms with Gasteiger partial charge in [-0.1, -0.05) is 0 Å². The average Bonchev–Trinajstić information content (AvgIpc) is 2.58. The normalized spacial score (nSPS) is 12.9. The van der Waals surface area contributed by atoms with Crippen LogP contribution in [-0.2, 0) is 9.53 Å². The molecule has 0 spiro atoms. The van der Waals surface area contributed by atoms with Gasteiger partial charge in [0.25, 0.3) is 0 Å². The molecule has 1 aromatic rings. The second kappa shape index (κ2) is 5.03. The Labute approximate surface area is 100 Å². The Kier molecular flexibility index (Phi) is 3.93. The van der Waals surface area contributed by atoms with Gasteiger partial charge in [-0.25, -0.2) is 4.79 Å². The fourth-order valence-corrected chi connectivity index (χ4v) is 1.34. The van der Waals surface area contributed by atoms with Crippen molar-refractivity contribution in [1.29, 1.82) is 0 Å². The van der Waals surface area contributed by atoms with E-state index in [-0.39, 0.29) is 0 Å². The van der Waals surface area contributed by atoms with Gasteiger partial charge in [0.1, 0.15) is 23.7 Å². The van der Waals surface area contributed by atoms with Crippen LogP contribution in [-0.4, -0.2) is 18.0 Å².